The second-order valence-electron chi connectivity index (χ2n) is 7.62. The number of anilines is 1. The normalized spacial score (nSPS) is 15.2. The van der Waals surface area contributed by atoms with Gasteiger partial charge < -0.3 is 14.5 Å². The van der Waals surface area contributed by atoms with E-state index >= 15 is 0 Å². The molecule has 0 bridgehead atoms. The highest BCUT2D eigenvalue weighted by molar-refractivity contribution is 5.68. The Hall–Kier alpha value is -2.71. The van der Waals surface area contributed by atoms with Gasteiger partial charge in [-0.3, -0.25) is 4.68 Å². The zero-order chi connectivity index (χ0) is 19.8. The van der Waals surface area contributed by atoms with Crippen LogP contribution in [0.15, 0.2) is 12.4 Å². The molecule has 9 heteroatoms. The van der Waals surface area contributed by atoms with E-state index in [0.717, 1.165) is 11.3 Å². The van der Waals surface area contributed by atoms with Crippen LogP contribution in [0, 0.1) is 12.7 Å². The van der Waals surface area contributed by atoms with E-state index < -0.39 is 11.4 Å². The summed E-state index contributed by atoms with van der Waals surface area (Å²) < 4.78 is 21.4. The highest BCUT2D eigenvalue weighted by atomic mass is 19.1. The first-order valence-corrected chi connectivity index (χ1v) is 8.90. The van der Waals surface area contributed by atoms with Gasteiger partial charge in [-0.25, -0.2) is 19.2 Å². The lowest BCUT2D eigenvalue weighted by Gasteiger charge is -2.36. The maximum absolute atomic E-state index is 14.4. The Balaban J connectivity index is 1.75. The number of hydrogen-bond acceptors (Lipinski definition) is 6. The molecule has 146 valence electrons. The first kappa shape index (κ1) is 19.1. The van der Waals surface area contributed by atoms with Gasteiger partial charge in [0.25, 0.3) is 0 Å². The van der Waals surface area contributed by atoms with Crippen molar-refractivity contribution in [2.24, 2.45) is 7.05 Å². The Morgan fingerprint density at radius 1 is 1.19 bits per heavy atom. The molecule has 27 heavy (non-hydrogen) atoms. The molecule has 1 aliphatic heterocycles. The lowest BCUT2D eigenvalue weighted by Crippen LogP contribution is -2.50. The molecule has 2 aromatic heterocycles. The first-order chi connectivity index (χ1) is 12.7. The topological polar surface area (TPSA) is 76.4 Å². The summed E-state index contributed by atoms with van der Waals surface area (Å²) in [5, 5.41) is 4.19. The molecule has 0 N–H and O–H groups in total. The van der Waals surface area contributed by atoms with Crippen molar-refractivity contribution < 1.29 is 13.9 Å². The lowest BCUT2D eigenvalue weighted by molar-refractivity contribution is 0.0240. The van der Waals surface area contributed by atoms with Gasteiger partial charge in [0.2, 0.25) is 0 Å². The molecular formula is C18H25FN6O2. The van der Waals surface area contributed by atoms with Crippen LogP contribution in [0.1, 0.15) is 26.3 Å². The number of amides is 1. The smallest absolute Gasteiger partial charge is 0.410 e. The van der Waals surface area contributed by atoms with Crippen LogP contribution in [0.4, 0.5) is 15.0 Å². The van der Waals surface area contributed by atoms with E-state index in [1.54, 1.807) is 22.8 Å². The van der Waals surface area contributed by atoms with Crippen molar-refractivity contribution in [3.05, 3.63) is 23.8 Å². The second kappa shape index (κ2) is 7.13. The average Bonchev–Trinajstić information content (AvgIpc) is 2.93. The van der Waals surface area contributed by atoms with Crippen LogP contribution in [0.5, 0.6) is 0 Å². The molecule has 1 amide bonds. The Kier molecular flexibility index (Phi) is 5.03. The lowest BCUT2D eigenvalue weighted by atomic mass is 10.2. The van der Waals surface area contributed by atoms with E-state index in [-0.39, 0.29) is 11.9 Å². The summed E-state index contributed by atoms with van der Waals surface area (Å²) in [6.07, 6.45) is 2.56. The third kappa shape index (κ3) is 4.17. The highest BCUT2D eigenvalue weighted by Gasteiger charge is 2.28. The Labute approximate surface area is 158 Å². The van der Waals surface area contributed by atoms with Gasteiger partial charge >= 0.3 is 6.09 Å². The highest BCUT2D eigenvalue weighted by Crippen LogP contribution is 2.24. The minimum absolute atomic E-state index is 0.240. The fourth-order valence-corrected chi connectivity index (χ4v) is 2.99. The van der Waals surface area contributed by atoms with E-state index in [2.05, 4.69) is 15.1 Å². The number of piperazine rings is 1. The number of halogens is 1. The fourth-order valence-electron chi connectivity index (χ4n) is 2.99. The van der Waals surface area contributed by atoms with Gasteiger partial charge in [0.05, 0.1) is 12.4 Å². The Morgan fingerprint density at radius 2 is 1.85 bits per heavy atom. The number of nitrogens with zero attached hydrogens (tertiary/aromatic N) is 6. The van der Waals surface area contributed by atoms with Crippen LogP contribution >= 0.6 is 0 Å². The molecule has 1 fully saturated rings. The minimum atomic E-state index is -0.539. The maximum Gasteiger partial charge on any atom is 0.410 e. The average molecular weight is 376 g/mol. The van der Waals surface area contributed by atoms with Gasteiger partial charge in [-0.1, -0.05) is 0 Å². The zero-order valence-corrected chi connectivity index (χ0v) is 16.4. The molecule has 0 saturated carbocycles. The van der Waals surface area contributed by atoms with Crippen molar-refractivity contribution >= 4 is 11.9 Å². The van der Waals surface area contributed by atoms with Gasteiger partial charge in [0.1, 0.15) is 11.3 Å². The van der Waals surface area contributed by atoms with Crippen molar-refractivity contribution in [1.29, 1.82) is 0 Å². The molecule has 0 atom stereocenters. The monoisotopic (exact) mass is 376 g/mol. The van der Waals surface area contributed by atoms with Gasteiger partial charge in [0.15, 0.2) is 17.5 Å². The third-order valence-electron chi connectivity index (χ3n) is 4.29. The van der Waals surface area contributed by atoms with Crippen molar-refractivity contribution in [3.63, 3.8) is 0 Å². The summed E-state index contributed by atoms with van der Waals surface area (Å²) in [7, 11) is 1.80. The standard InChI is InChI=1S/C18H25FN6O2/c1-12-10-21-23(5)14(12)15-20-11-13(19)16(22-15)24-6-8-25(9-7-24)17(26)27-18(2,3)4/h10-11H,6-9H2,1-5H3. The largest absolute Gasteiger partial charge is 0.444 e. The SMILES string of the molecule is Cc1cnn(C)c1-c1ncc(F)c(N2CCN(C(=O)OC(C)(C)C)CC2)n1. The fraction of sp³-hybridized carbons (Fsp3) is 0.556. The quantitative estimate of drug-likeness (QED) is 0.801. The zero-order valence-electron chi connectivity index (χ0n) is 16.4. The molecule has 0 unspecified atom stereocenters. The van der Waals surface area contributed by atoms with Crippen LogP contribution in [-0.2, 0) is 11.8 Å². The number of rotatable bonds is 2. The minimum Gasteiger partial charge on any atom is -0.444 e. The van der Waals surface area contributed by atoms with Crippen molar-refractivity contribution in [2.45, 2.75) is 33.3 Å². The summed E-state index contributed by atoms with van der Waals surface area (Å²) in [6.45, 7) is 9.23. The number of hydrogen-bond donors (Lipinski definition) is 0. The molecular weight excluding hydrogens is 351 g/mol. The van der Waals surface area contributed by atoms with Crippen LogP contribution in [0.25, 0.3) is 11.5 Å². The predicted molar refractivity (Wildman–Crippen MR) is 98.9 cm³/mol. The predicted octanol–water partition coefficient (Wildman–Crippen LogP) is 2.38. The van der Waals surface area contributed by atoms with Crippen LogP contribution in [0.3, 0.4) is 0 Å². The molecule has 0 aromatic carbocycles. The number of carbonyl (C=O) groups excluding carboxylic acids is 1. The summed E-state index contributed by atoms with van der Waals surface area (Å²) >= 11 is 0. The molecule has 0 radical (unpaired) electrons. The Morgan fingerprint density at radius 3 is 2.41 bits per heavy atom. The third-order valence-corrected chi connectivity index (χ3v) is 4.29. The molecule has 2 aromatic rings. The first-order valence-electron chi connectivity index (χ1n) is 8.90. The second-order valence-corrected chi connectivity index (χ2v) is 7.62. The number of carbonyl (C=O) groups is 1. The number of ether oxygens (including phenoxy) is 1. The van der Waals surface area contributed by atoms with E-state index in [9.17, 15) is 9.18 Å². The summed E-state index contributed by atoms with van der Waals surface area (Å²) in [4.78, 5) is 24.2. The van der Waals surface area contributed by atoms with E-state index in [1.165, 1.54) is 6.20 Å². The molecule has 3 heterocycles. The van der Waals surface area contributed by atoms with Crippen molar-refractivity contribution in [3.8, 4) is 11.5 Å². The van der Waals surface area contributed by atoms with E-state index in [4.69, 9.17) is 4.74 Å². The summed E-state index contributed by atoms with van der Waals surface area (Å²) in [5.41, 5.74) is 1.14. The molecule has 3 rings (SSSR count). The van der Waals surface area contributed by atoms with E-state index in [0.29, 0.717) is 32.0 Å². The van der Waals surface area contributed by atoms with Crippen molar-refractivity contribution in [2.75, 3.05) is 31.1 Å². The van der Waals surface area contributed by atoms with Crippen LogP contribution < -0.4 is 4.90 Å². The Bertz CT molecular complexity index is 817. The number of aryl methyl sites for hydroxylation is 2. The molecule has 0 spiro atoms. The molecule has 0 aliphatic carbocycles. The van der Waals surface area contributed by atoms with Crippen molar-refractivity contribution in [1.82, 2.24) is 24.6 Å². The van der Waals surface area contributed by atoms with Gasteiger partial charge in [-0.05, 0) is 33.3 Å². The van der Waals surface area contributed by atoms with Gasteiger partial charge in [0, 0.05) is 33.2 Å². The van der Waals surface area contributed by atoms with Gasteiger partial charge in [-0.15, -0.1) is 0 Å². The number of aromatic nitrogens is 4. The van der Waals surface area contributed by atoms with Crippen LogP contribution in [0.2, 0.25) is 0 Å². The molecule has 1 saturated heterocycles. The summed E-state index contributed by atoms with van der Waals surface area (Å²) in [5.74, 6) is 0.187. The van der Waals surface area contributed by atoms with Crippen LogP contribution in [-0.4, -0.2) is 62.5 Å². The maximum atomic E-state index is 14.4. The van der Waals surface area contributed by atoms with E-state index in [1.807, 2.05) is 32.6 Å². The van der Waals surface area contributed by atoms with Gasteiger partial charge in [-0.2, -0.15) is 5.10 Å². The molecule has 1 aliphatic rings. The molecule has 8 nitrogen and oxygen atoms in total. The summed E-state index contributed by atoms with van der Waals surface area (Å²) in [6, 6.07) is 0.